The maximum absolute atomic E-state index is 12.5. The SMILES string of the molecule is C[C@@H]1CCC[C@H](C)N1C(=O)CSc1ccc(S(=O)(=O)N(C)C)cn1. The van der Waals surface area contributed by atoms with Crippen LogP contribution < -0.4 is 0 Å². The molecule has 0 bridgehead atoms. The molecular formula is C16H25N3O3S2. The normalized spacial score (nSPS) is 22.0. The molecule has 134 valence electrons. The number of carbonyl (C=O) groups is 1. The Morgan fingerprint density at radius 2 is 1.92 bits per heavy atom. The topological polar surface area (TPSA) is 70.6 Å². The molecule has 1 saturated heterocycles. The van der Waals surface area contributed by atoms with Crippen molar-refractivity contribution in [3.8, 4) is 0 Å². The highest BCUT2D eigenvalue weighted by atomic mass is 32.2. The van der Waals surface area contributed by atoms with Gasteiger partial charge in [-0.3, -0.25) is 4.79 Å². The summed E-state index contributed by atoms with van der Waals surface area (Å²) in [6.07, 6.45) is 4.61. The number of nitrogens with zero attached hydrogens (tertiary/aromatic N) is 3. The molecule has 1 fully saturated rings. The highest BCUT2D eigenvalue weighted by Crippen LogP contribution is 2.25. The standard InChI is InChI=1S/C16H25N3O3S2/c1-12-6-5-7-13(2)19(12)16(20)11-23-15-9-8-14(10-17-15)24(21,22)18(3)4/h8-10,12-13H,5-7,11H2,1-4H3/t12-,13+. The zero-order valence-corrected chi connectivity index (χ0v) is 16.2. The lowest BCUT2D eigenvalue weighted by atomic mass is 9.98. The molecule has 2 rings (SSSR count). The minimum atomic E-state index is -3.47. The van der Waals surface area contributed by atoms with E-state index in [1.165, 1.54) is 44.5 Å². The van der Waals surface area contributed by atoms with Crippen molar-refractivity contribution in [3.63, 3.8) is 0 Å². The van der Waals surface area contributed by atoms with Crippen LogP contribution in [0.15, 0.2) is 28.3 Å². The monoisotopic (exact) mass is 371 g/mol. The summed E-state index contributed by atoms with van der Waals surface area (Å²) in [6, 6.07) is 3.74. The number of carbonyl (C=O) groups excluding carboxylic acids is 1. The third kappa shape index (κ3) is 4.29. The van der Waals surface area contributed by atoms with Gasteiger partial charge in [-0.1, -0.05) is 11.8 Å². The molecule has 24 heavy (non-hydrogen) atoms. The maximum atomic E-state index is 12.5. The minimum absolute atomic E-state index is 0.117. The van der Waals surface area contributed by atoms with Crippen molar-refractivity contribution in [3.05, 3.63) is 18.3 Å². The van der Waals surface area contributed by atoms with Crippen molar-refractivity contribution in [1.82, 2.24) is 14.2 Å². The quantitative estimate of drug-likeness (QED) is 0.742. The van der Waals surface area contributed by atoms with Gasteiger partial charge in [0.2, 0.25) is 15.9 Å². The zero-order chi connectivity index (χ0) is 17.9. The second kappa shape index (κ2) is 7.84. The van der Waals surface area contributed by atoms with Crippen LogP contribution in [0.25, 0.3) is 0 Å². The van der Waals surface area contributed by atoms with Crippen molar-refractivity contribution in [2.24, 2.45) is 0 Å². The molecule has 2 heterocycles. The van der Waals surface area contributed by atoms with Crippen molar-refractivity contribution in [2.45, 2.75) is 55.1 Å². The van der Waals surface area contributed by atoms with Crippen LogP contribution in [0.4, 0.5) is 0 Å². The number of amides is 1. The fourth-order valence-electron chi connectivity index (χ4n) is 2.94. The zero-order valence-electron chi connectivity index (χ0n) is 14.6. The lowest BCUT2D eigenvalue weighted by Gasteiger charge is -2.39. The van der Waals surface area contributed by atoms with E-state index in [1.807, 2.05) is 4.90 Å². The van der Waals surface area contributed by atoms with Crippen molar-refractivity contribution >= 4 is 27.7 Å². The molecule has 1 aromatic heterocycles. The molecule has 6 nitrogen and oxygen atoms in total. The smallest absolute Gasteiger partial charge is 0.244 e. The summed E-state index contributed by atoms with van der Waals surface area (Å²) in [4.78, 5) is 18.8. The summed E-state index contributed by atoms with van der Waals surface area (Å²) in [5, 5.41) is 0.651. The number of thioether (sulfide) groups is 1. The van der Waals surface area contributed by atoms with Crippen LogP contribution in [0.3, 0.4) is 0 Å². The number of sulfonamides is 1. The van der Waals surface area contributed by atoms with E-state index in [2.05, 4.69) is 18.8 Å². The van der Waals surface area contributed by atoms with Crippen LogP contribution in [-0.4, -0.2) is 60.4 Å². The van der Waals surface area contributed by atoms with E-state index >= 15 is 0 Å². The lowest BCUT2D eigenvalue weighted by Crippen LogP contribution is -2.48. The molecule has 0 aliphatic carbocycles. The second-order valence-corrected chi connectivity index (χ2v) is 9.49. The average molecular weight is 372 g/mol. The van der Waals surface area contributed by atoms with Gasteiger partial charge in [0.15, 0.2) is 0 Å². The Morgan fingerprint density at radius 3 is 2.42 bits per heavy atom. The molecule has 0 unspecified atom stereocenters. The molecule has 8 heteroatoms. The van der Waals surface area contributed by atoms with E-state index in [0.29, 0.717) is 10.8 Å². The second-order valence-electron chi connectivity index (χ2n) is 6.34. The Hall–Kier alpha value is -1.12. The summed E-state index contributed by atoms with van der Waals surface area (Å²) in [5.74, 6) is 0.438. The fourth-order valence-corrected chi connectivity index (χ4v) is 4.50. The first kappa shape index (κ1) is 19.2. The van der Waals surface area contributed by atoms with Gasteiger partial charge in [0.25, 0.3) is 0 Å². The number of pyridine rings is 1. The first-order valence-electron chi connectivity index (χ1n) is 8.06. The number of piperidine rings is 1. The third-order valence-electron chi connectivity index (χ3n) is 4.31. The highest BCUT2D eigenvalue weighted by molar-refractivity contribution is 7.99. The fraction of sp³-hybridized carbons (Fsp3) is 0.625. The van der Waals surface area contributed by atoms with Gasteiger partial charge in [-0.15, -0.1) is 0 Å². The first-order valence-corrected chi connectivity index (χ1v) is 10.5. The molecular weight excluding hydrogens is 346 g/mol. The van der Waals surface area contributed by atoms with Gasteiger partial charge >= 0.3 is 0 Å². The average Bonchev–Trinajstić information content (AvgIpc) is 2.53. The van der Waals surface area contributed by atoms with Gasteiger partial charge < -0.3 is 4.90 Å². The van der Waals surface area contributed by atoms with Crippen LogP contribution in [0.5, 0.6) is 0 Å². The molecule has 0 N–H and O–H groups in total. The molecule has 1 aliphatic heterocycles. The first-order chi connectivity index (χ1) is 11.2. The largest absolute Gasteiger partial charge is 0.337 e. The van der Waals surface area contributed by atoms with Gasteiger partial charge in [-0.25, -0.2) is 17.7 Å². The molecule has 0 saturated carbocycles. The Balaban J connectivity index is 1.98. The summed E-state index contributed by atoms with van der Waals surface area (Å²) in [7, 11) is -0.503. The van der Waals surface area contributed by atoms with E-state index in [-0.39, 0.29) is 22.9 Å². The van der Waals surface area contributed by atoms with Gasteiger partial charge in [0, 0.05) is 32.4 Å². The Bertz CT molecular complexity index is 664. The lowest BCUT2D eigenvalue weighted by molar-refractivity contribution is -0.134. The van der Waals surface area contributed by atoms with E-state index in [4.69, 9.17) is 0 Å². The Morgan fingerprint density at radius 1 is 1.29 bits per heavy atom. The van der Waals surface area contributed by atoms with Gasteiger partial charge in [-0.05, 0) is 45.2 Å². The predicted octanol–water partition coefficient (Wildman–Crippen LogP) is 2.21. The number of aromatic nitrogens is 1. The van der Waals surface area contributed by atoms with Gasteiger partial charge in [0.1, 0.15) is 4.90 Å². The maximum Gasteiger partial charge on any atom is 0.244 e. The van der Waals surface area contributed by atoms with Gasteiger partial charge in [-0.2, -0.15) is 0 Å². The van der Waals surface area contributed by atoms with E-state index in [0.717, 1.165) is 17.1 Å². The summed E-state index contributed by atoms with van der Waals surface area (Å²) < 4.78 is 25.2. The van der Waals surface area contributed by atoms with Crippen LogP contribution in [-0.2, 0) is 14.8 Å². The van der Waals surface area contributed by atoms with Crippen molar-refractivity contribution in [2.75, 3.05) is 19.8 Å². The number of rotatable bonds is 5. The van der Waals surface area contributed by atoms with E-state index < -0.39 is 10.0 Å². The highest BCUT2D eigenvalue weighted by Gasteiger charge is 2.28. The van der Waals surface area contributed by atoms with Crippen LogP contribution >= 0.6 is 11.8 Å². The third-order valence-corrected chi connectivity index (χ3v) is 7.04. The molecule has 0 spiro atoms. The predicted molar refractivity (Wildman–Crippen MR) is 95.5 cm³/mol. The molecule has 1 aromatic rings. The van der Waals surface area contributed by atoms with Crippen LogP contribution in [0.1, 0.15) is 33.1 Å². The summed E-state index contributed by atoms with van der Waals surface area (Å²) >= 11 is 1.34. The number of likely N-dealkylation sites (tertiary alicyclic amines) is 1. The minimum Gasteiger partial charge on any atom is -0.337 e. The molecule has 0 aromatic carbocycles. The van der Waals surface area contributed by atoms with Crippen molar-refractivity contribution < 1.29 is 13.2 Å². The van der Waals surface area contributed by atoms with Crippen LogP contribution in [0.2, 0.25) is 0 Å². The summed E-state index contributed by atoms with van der Waals surface area (Å²) in [5.41, 5.74) is 0. The molecule has 2 atom stereocenters. The molecule has 1 aliphatic rings. The van der Waals surface area contributed by atoms with Crippen molar-refractivity contribution in [1.29, 1.82) is 0 Å². The Labute approximate surface area is 148 Å². The van der Waals surface area contributed by atoms with E-state index in [1.54, 1.807) is 6.07 Å². The Kier molecular flexibility index (Phi) is 6.28. The van der Waals surface area contributed by atoms with Crippen LogP contribution in [0, 0.1) is 0 Å². The summed E-state index contributed by atoms with van der Waals surface area (Å²) in [6.45, 7) is 4.19. The van der Waals surface area contributed by atoms with Gasteiger partial charge in [0.05, 0.1) is 10.8 Å². The molecule has 1 amide bonds. The number of hydrogen-bond donors (Lipinski definition) is 0. The number of hydrogen-bond acceptors (Lipinski definition) is 5. The molecule has 0 radical (unpaired) electrons. The van der Waals surface area contributed by atoms with E-state index in [9.17, 15) is 13.2 Å².